The highest BCUT2D eigenvalue weighted by Crippen LogP contribution is 2.38. The molecule has 1 aromatic rings. The Labute approximate surface area is 94.8 Å². The Bertz CT molecular complexity index is 403. The van der Waals surface area contributed by atoms with Gasteiger partial charge in [0.05, 0.1) is 0 Å². The topological polar surface area (TPSA) is 20.3 Å². The van der Waals surface area contributed by atoms with Gasteiger partial charge in [-0.1, -0.05) is 11.6 Å². The fraction of sp³-hybridized carbons (Fsp3) is 0.417. The summed E-state index contributed by atoms with van der Waals surface area (Å²) in [5.41, 5.74) is 2.41. The van der Waals surface area contributed by atoms with E-state index in [4.69, 9.17) is 11.6 Å². The Hall–Kier alpha value is -1.02. The number of anilines is 1. The van der Waals surface area contributed by atoms with E-state index in [2.05, 4.69) is 4.90 Å². The average Bonchev–Trinajstić information content (AvgIpc) is 2.42. The van der Waals surface area contributed by atoms with Gasteiger partial charge in [0.1, 0.15) is 5.78 Å². The van der Waals surface area contributed by atoms with Crippen LogP contribution < -0.4 is 4.90 Å². The minimum Gasteiger partial charge on any atom is -0.374 e. The number of fused-ring (bicyclic) bond motifs is 1. The van der Waals surface area contributed by atoms with Gasteiger partial charge in [-0.25, -0.2) is 0 Å². The van der Waals surface area contributed by atoms with Crippen molar-refractivity contribution < 1.29 is 4.79 Å². The quantitative estimate of drug-likeness (QED) is 0.769. The third kappa shape index (κ3) is 2.00. The van der Waals surface area contributed by atoms with Gasteiger partial charge in [0, 0.05) is 36.6 Å². The summed E-state index contributed by atoms with van der Waals surface area (Å²) in [6.45, 7) is 2.55. The second kappa shape index (κ2) is 3.86. The molecule has 0 bridgehead atoms. The second-order valence-electron chi connectivity index (χ2n) is 4.19. The number of carbonyl (C=O) groups excluding carboxylic acids is 1. The van der Waals surface area contributed by atoms with Crippen LogP contribution in [0.5, 0.6) is 0 Å². The number of rotatable bonds is 2. The van der Waals surface area contributed by atoms with Crippen LogP contribution in [-0.4, -0.2) is 19.4 Å². The molecule has 0 fully saturated rings. The maximum atomic E-state index is 11.1. The van der Waals surface area contributed by atoms with E-state index in [1.165, 1.54) is 11.3 Å². The maximum Gasteiger partial charge on any atom is 0.130 e. The highest BCUT2D eigenvalue weighted by atomic mass is 35.5. The standard InChI is InChI=1S/C12H14ClNO/c1-8(15)5-9-7-14(2)12-4-3-10(13)6-11(9)12/h3-4,6,9H,5,7H2,1-2H3. The number of Topliss-reactive ketones (excluding diaryl/α,β-unsaturated/α-hetero) is 1. The number of carbonyl (C=O) groups is 1. The molecule has 2 rings (SSSR count). The first-order chi connectivity index (χ1) is 7.08. The first kappa shape index (κ1) is 10.5. The molecule has 1 unspecified atom stereocenters. The van der Waals surface area contributed by atoms with Crippen LogP contribution in [0.3, 0.4) is 0 Å². The molecule has 0 spiro atoms. The summed E-state index contributed by atoms with van der Waals surface area (Å²) in [6, 6.07) is 5.90. The third-order valence-corrected chi connectivity index (χ3v) is 3.10. The van der Waals surface area contributed by atoms with E-state index < -0.39 is 0 Å². The Kier molecular flexibility index (Phi) is 2.70. The lowest BCUT2D eigenvalue weighted by Crippen LogP contribution is -2.16. The minimum atomic E-state index is 0.237. The van der Waals surface area contributed by atoms with Crippen LogP contribution in [0.15, 0.2) is 18.2 Å². The van der Waals surface area contributed by atoms with Crippen molar-refractivity contribution in [1.29, 1.82) is 0 Å². The largest absolute Gasteiger partial charge is 0.374 e. The molecule has 0 aliphatic carbocycles. The highest BCUT2D eigenvalue weighted by molar-refractivity contribution is 6.30. The summed E-state index contributed by atoms with van der Waals surface area (Å²) in [5, 5.41) is 0.748. The highest BCUT2D eigenvalue weighted by Gasteiger charge is 2.27. The molecule has 1 aliphatic heterocycles. The molecule has 1 heterocycles. The molecule has 0 N–H and O–H groups in total. The lowest BCUT2D eigenvalue weighted by Gasteiger charge is -2.11. The van der Waals surface area contributed by atoms with E-state index in [0.717, 1.165) is 11.6 Å². The van der Waals surface area contributed by atoms with Crippen LogP contribution in [0.4, 0.5) is 5.69 Å². The molecule has 1 aliphatic rings. The number of hydrogen-bond acceptors (Lipinski definition) is 2. The Morgan fingerprint density at radius 1 is 1.60 bits per heavy atom. The van der Waals surface area contributed by atoms with Crippen molar-refractivity contribution in [2.24, 2.45) is 0 Å². The Morgan fingerprint density at radius 3 is 3.00 bits per heavy atom. The number of benzene rings is 1. The fourth-order valence-electron chi connectivity index (χ4n) is 2.25. The minimum absolute atomic E-state index is 0.237. The lowest BCUT2D eigenvalue weighted by atomic mass is 9.96. The molecule has 0 radical (unpaired) electrons. The van der Waals surface area contributed by atoms with E-state index in [-0.39, 0.29) is 5.78 Å². The summed E-state index contributed by atoms with van der Waals surface area (Å²) in [7, 11) is 2.05. The number of hydrogen-bond donors (Lipinski definition) is 0. The van der Waals surface area contributed by atoms with Gasteiger partial charge in [-0.05, 0) is 30.7 Å². The Balaban J connectivity index is 2.35. The van der Waals surface area contributed by atoms with E-state index in [1.54, 1.807) is 6.92 Å². The molecule has 0 amide bonds. The molecule has 80 valence electrons. The van der Waals surface area contributed by atoms with Crippen LogP contribution in [-0.2, 0) is 4.79 Å². The number of ketones is 1. The molecule has 1 atom stereocenters. The molecular formula is C12H14ClNO. The normalized spacial score (nSPS) is 19.1. The summed E-state index contributed by atoms with van der Waals surface area (Å²) in [4.78, 5) is 13.3. The SMILES string of the molecule is CC(=O)CC1CN(C)c2ccc(Cl)cc21. The molecule has 0 aromatic heterocycles. The van der Waals surface area contributed by atoms with Crippen molar-refractivity contribution in [1.82, 2.24) is 0 Å². The van der Waals surface area contributed by atoms with Crippen LogP contribution >= 0.6 is 11.6 Å². The van der Waals surface area contributed by atoms with Crippen molar-refractivity contribution in [2.45, 2.75) is 19.3 Å². The smallest absolute Gasteiger partial charge is 0.130 e. The van der Waals surface area contributed by atoms with Gasteiger partial charge in [-0.15, -0.1) is 0 Å². The monoisotopic (exact) mass is 223 g/mol. The zero-order valence-electron chi connectivity index (χ0n) is 8.96. The Morgan fingerprint density at radius 2 is 2.33 bits per heavy atom. The van der Waals surface area contributed by atoms with Crippen LogP contribution in [0.1, 0.15) is 24.8 Å². The van der Waals surface area contributed by atoms with Gasteiger partial charge in [0.15, 0.2) is 0 Å². The van der Waals surface area contributed by atoms with Gasteiger partial charge in [-0.3, -0.25) is 0 Å². The fourth-order valence-corrected chi connectivity index (χ4v) is 2.43. The number of likely N-dealkylation sites (N-methyl/N-ethyl adjacent to an activating group) is 1. The maximum absolute atomic E-state index is 11.1. The van der Waals surface area contributed by atoms with E-state index in [9.17, 15) is 4.79 Å². The predicted molar refractivity (Wildman–Crippen MR) is 62.8 cm³/mol. The number of halogens is 1. The molecule has 0 saturated carbocycles. The van der Waals surface area contributed by atoms with Crippen LogP contribution in [0.2, 0.25) is 5.02 Å². The first-order valence-corrected chi connectivity index (χ1v) is 5.45. The molecule has 2 nitrogen and oxygen atoms in total. The summed E-state index contributed by atoms with van der Waals surface area (Å²) in [5.74, 6) is 0.544. The molecular weight excluding hydrogens is 210 g/mol. The second-order valence-corrected chi connectivity index (χ2v) is 4.62. The van der Waals surface area contributed by atoms with E-state index in [1.807, 2.05) is 25.2 Å². The van der Waals surface area contributed by atoms with Crippen LogP contribution in [0.25, 0.3) is 0 Å². The summed E-state index contributed by atoms with van der Waals surface area (Å²) < 4.78 is 0. The molecule has 15 heavy (non-hydrogen) atoms. The van der Waals surface area contributed by atoms with Crippen molar-refractivity contribution in [3.8, 4) is 0 Å². The molecule has 1 aromatic carbocycles. The van der Waals surface area contributed by atoms with Gasteiger partial charge < -0.3 is 9.69 Å². The first-order valence-electron chi connectivity index (χ1n) is 5.08. The summed E-state index contributed by atoms with van der Waals surface area (Å²) in [6.07, 6.45) is 0.609. The molecule has 3 heteroatoms. The van der Waals surface area contributed by atoms with Gasteiger partial charge in [-0.2, -0.15) is 0 Å². The third-order valence-electron chi connectivity index (χ3n) is 2.87. The predicted octanol–water partition coefficient (Wildman–Crippen LogP) is 2.85. The number of nitrogens with zero attached hydrogens (tertiary/aromatic N) is 1. The summed E-state index contributed by atoms with van der Waals surface area (Å²) >= 11 is 5.97. The lowest BCUT2D eigenvalue weighted by molar-refractivity contribution is -0.117. The molecule has 0 saturated heterocycles. The van der Waals surface area contributed by atoms with Crippen molar-refractivity contribution in [3.63, 3.8) is 0 Å². The van der Waals surface area contributed by atoms with Gasteiger partial charge in [0.2, 0.25) is 0 Å². The average molecular weight is 224 g/mol. The van der Waals surface area contributed by atoms with Gasteiger partial charge in [0.25, 0.3) is 0 Å². The zero-order valence-corrected chi connectivity index (χ0v) is 9.71. The van der Waals surface area contributed by atoms with E-state index >= 15 is 0 Å². The van der Waals surface area contributed by atoms with Crippen molar-refractivity contribution >= 4 is 23.1 Å². The van der Waals surface area contributed by atoms with Crippen molar-refractivity contribution in [2.75, 3.05) is 18.5 Å². The van der Waals surface area contributed by atoms with E-state index in [0.29, 0.717) is 12.3 Å². The zero-order chi connectivity index (χ0) is 11.0. The van der Waals surface area contributed by atoms with Crippen molar-refractivity contribution in [3.05, 3.63) is 28.8 Å². The van der Waals surface area contributed by atoms with Crippen LogP contribution in [0, 0.1) is 0 Å². The van der Waals surface area contributed by atoms with Gasteiger partial charge >= 0.3 is 0 Å².